The molecular formula is C13H10BrClOS. The van der Waals surface area contributed by atoms with Gasteiger partial charge in [-0.15, -0.1) is 0 Å². The van der Waals surface area contributed by atoms with Crippen LogP contribution in [0, 0.1) is 0 Å². The Morgan fingerprint density at radius 3 is 2.35 bits per heavy atom. The van der Waals surface area contributed by atoms with Crippen molar-refractivity contribution in [1.82, 2.24) is 0 Å². The molecular weight excluding hydrogens is 320 g/mol. The maximum Gasteiger partial charge on any atom is 0.161 e. The molecule has 0 radical (unpaired) electrons. The average Bonchev–Trinajstić information content (AvgIpc) is 2.33. The van der Waals surface area contributed by atoms with Gasteiger partial charge in [0.05, 0.1) is 10.6 Å². The van der Waals surface area contributed by atoms with Gasteiger partial charge in [-0.1, -0.05) is 41.9 Å². The predicted molar refractivity (Wildman–Crippen MR) is 76.9 cm³/mol. The summed E-state index contributed by atoms with van der Waals surface area (Å²) in [6.45, 7) is 0. The van der Waals surface area contributed by atoms with Crippen molar-refractivity contribution in [1.29, 1.82) is 0 Å². The third-order valence-electron chi connectivity index (χ3n) is 2.43. The zero-order chi connectivity index (χ0) is 12.4. The van der Waals surface area contributed by atoms with Gasteiger partial charge in [-0.3, -0.25) is 0 Å². The van der Waals surface area contributed by atoms with Crippen molar-refractivity contribution in [3.05, 3.63) is 52.0 Å². The molecule has 0 bridgehead atoms. The van der Waals surface area contributed by atoms with Crippen molar-refractivity contribution >= 4 is 38.7 Å². The minimum absolute atomic E-state index is 0.623. The first-order valence-electron chi connectivity index (χ1n) is 4.98. The standard InChI is InChI=1S/C13H10BrClOS/c1-17(16)11-8-7-10(15)13(14)12(11)9-5-3-2-4-6-9/h2-8H,1H3. The Morgan fingerprint density at radius 2 is 1.76 bits per heavy atom. The molecule has 0 saturated heterocycles. The van der Waals surface area contributed by atoms with E-state index in [9.17, 15) is 4.55 Å². The minimum atomic E-state index is -1.05. The molecule has 1 nitrogen and oxygen atoms in total. The summed E-state index contributed by atoms with van der Waals surface area (Å²) in [6, 6.07) is 13.4. The molecule has 0 aliphatic carbocycles. The molecule has 88 valence electrons. The molecule has 1 atom stereocenters. The van der Waals surface area contributed by atoms with Crippen molar-refractivity contribution in [3.8, 4) is 11.1 Å². The highest BCUT2D eigenvalue weighted by atomic mass is 79.9. The number of rotatable bonds is 2. The Balaban J connectivity index is 2.70. The molecule has 2 aromatic rings. The van der Waals surface area contributed by atoms with Gasteiger partial charge in [-0.2, -0.15) is 0 Å². The van der Waals surface area contributed by atoms with Gasteiger partial charge in [0, 0.05) is 4.47 Å². The van der Waals surface area contributed by atoms with Gasteiger partial charge in [0.15, 0.2) is 4.90 Å². The molecule has 2 aromatic carbocycles. The van der Waals surface area contributed by atoms with E-state index >= 15 is 0 Å². The van der Waals surface area contributed by atoms with Crippen LogP contribution in [0.5, 0.6) is 0 Å². The quantitative estimate of drug-likeness (QED) is 0.744. The third kappa shape index (κ3) is 2.68. The lowest BCUT2D eigenvalue weighted by Gasteiger charge is -2.13. The molecule has 2 rings (SSSR count). The molecule has 0 aliphatic rings. The smallest absolute Gasteiger partial charge is 0.161 e. The van der Waals surface area contributed by atoms with Crippen LogP contribution in [-0.2, 0) is 11.2 Å². The second-order valence-electron chi connectivity index (χ2n) is 3.55. The summed E-state index contributed by atoms with van der Waals surface area (Å²) in [5.74, 6) is 0. The van der Waals surface area contributed by atoms with E-state index in [1.54, 1.807) is 12.3 Å². The van der Waals surface area contributed by atoms with Gasteiger partial charge >= 0.3 is 0 Å². The van der Waals surface area contributed by atoms with Crippen LogP contribution in [-0.4, -0.2) is 10.8 Å². The van der Waals surface area contributed by atoms with Crippen molar-refractivity contribution in [2.45, 2.75) is 4.90 Å². The SMILES string of the molecule is C[S+]([O-])c1ccc(Cl)c(Br)c1-c1ccccc1. The van der Waals surface area contributed by atoms with Gasteiger partial charge in [-0.05, 0) is 44.8 Å². The van der Waals surface area contributed by atoms with E-state index in [1.807, 2.05) is 36.4 Å². The lowest BCUT2D eigenvalue weighted by Crippen LogP contribution is -2.00. The Morgan fingerprint density at radius 1 is 1.12 bits per heavy atom. The second kappa shape index (κ2) is 5.44. The van der Waals surface area contributed by atoms with Crippen molar-refractivity contribution in [2.75, 3.05) is 6.26 Å². The molecule has 0 aliphatic heterocycles. The van der Waals surface area contributed by atoms with Crippen LogP contribution in [0.2, 0.25) is 5.02 Å². The average molecular weight is 330 g/mol. The Kier molecular flexibility index (Phi) is 4.15. The lowest BCUT2D eigenvalue weighted by molar-refractivity contribution is 0.601. The highest BCUT2D eigenvalue weighted by molar-refractivity contribution is 9.10. The monoisotopic (exact) mass is 328 g/mol. The van der Waals surface area contributed by atoms with Gasteiger partial charge in [-0.25, -0.2) is 0 Å². The second-order valence-corrected chi connectivity index (χ2v) is 6.10. The van der Waals surface area contributed by atoms with E-state index in [0.717, 1.165) is 20.5 Å². The first-order valence-corrected chi connectivity index (χ1v) is 7.71. The van der Waals surface area contributed by atoms with Crippen molar-refractivity contribution in [3.63, 3.8) is 0 Å². The summed E-state index contributed by atoms with van der Waals surface area (Å²) < 4.78 is 12.5. The number of halogens is 2. The molecule has 0 spiro atoms. The van der Waals surface area contributed by atoms with Crippen molar-refractivity contribution in [2.24, 2.45) is 0 Å². The summed E-state index contributed by atoms with van der Waals surface area (Å²) in [7, 11) is 0. The third-order valence-corrected chi connectivity index (χ3v) is 4.76. The van der Waals surface area contributed by atoms with Crippen molar-refractivity contribution < 1.29 is 4.55 Å². The predicted octanol–water partition coefficient (Wildman–Crippen LogP) is 4.51. The summed E-state index contributed by atoms with van der Waals surface area (Å²) in [4.78, 5) is 0.785. The van der Waals surface area contributed by atoms with Gasteiger partial charge < -0.3 is 4.55 Å². The zero-order valence-electron chi connectivity index (χ0n) is 9.11. The van der Waals surface area contributed by atoms with Crippen LogP contribution in [0.15, 0.2) is 51.8 Å². The van der Waals surface area contributed by atoms with E-state index in [1.165, 1.54) is 0 Å². The molecule has 0 saturated carbocycles. The normalized spacial score (nSPS) is 12.5. The summed E-state index contributed by atoms with van der Waals surface area (Å²) in [5.41, 5.74) is 1.91. The fourth-order valence-corrected chi connectivity index (χ4v) is 3.28. The topological polar surface area (TPSA) is 23.1 Å². The van der Waals surface area contributed by atoms with E-state index in [0.29, 0.717) is 5.02 Å². The summed E-state index contributed by atoms with van der Waals surface area (Å²) in [5, 5.41) is 0.623. The molecule has 0 heterocycles. The van der Waals surface area contributed by atoms with Crippen LogP contribution in [0.1, 0.15) is 0 Å². The fourth-order valence-electron chi connectivity index (χ4n) is 1.65. The summed E-state index contributed by atoms with van der Waals surface area (Å²) >= 11 is 8.52. The van der Waals surface area contributed by atoms with Crippen LogP contribution in [0.25, 0.3) is 11.1 Å². The molecule has 0 aromatic heterocycles. The fraction of sp³-hybridized carbons (Fsp3) is 0.0769. The highest BCUT2D eigenvalue weighted by Gasteiger charge is 2.18. The first kappa shape index (κ1) is 13.0. The van der Waals surface area contributed by atoms with Crippen LogP contribution >= 0.6 is 27.5 Å². The zero-order valence-corrected chi connectivity index (χ0v) is 12.3. The maximum absolute atomic E-state index is 11.8. The summed E-state index contributed by atoms with van der Waals surface area (Å²) in [6.07, 6.45) is 1.67. The number of hydrogen-bond acceptors (Lipinski definition) is 1. The van der Waals surface area contributed by atoms with E-state index in [-0.39, 0.29) is 0 Å². The largest absolute Gasteiger partial charge is 0.612 e. The Bertz CT molecular complexity index is 528. The van der Waals surface area contributed by atoms with E-state index in [2.05, 4.69) is 15.9 Å². The lowest BCUT2D eigenvalue weighted by atomic mass is 10.1. The van der Waals surface area contributed by atoms with Gasteiger partial charge in [0.25, 0.3) is 0 Å². The van der Waals surface area contributed by atoms with Gasteiger partial charge in [0.1, 0.15) is 6.26 Å². The molecule has 1 unspecified atom stereocenters. The number of hydrogen-bond donors (Lipinski definition) is 0. The van der Waals surface area contributed by atoms with E-state index in [4.69, 9.17) is 11.6 Å². The maximum atomic E-state index is 11.8. The molecule has 17 heavy (non-hydrogen) atoms. The Labute approximate surface area is 117 Å². The number of benzene rings is 2. The van der Waals surface area contributed by atoms with Crippen LogP contribution < -0.4 is 0 Å². The highest BCUT2D eigenvalue weighted by Crippen LogP contribution is 2.38. The van der Waals surface area contributed by atoms with Crippen LogP contribution in [0.3, 0.4) is 0 Å². The first-order chi connectivity index (χ1) is 8.11. The minimum Gasteiger partial charge on any atom is -0.612 e. The van der Waals surface area contributed by atoms with E-state index < -0.39 is 11.2 Å². The molecule has 0 amide bonds. The van der Waals surface area contributed by atoms with Gasteiger partial charge in [0.2, 0.25) is 0 Å². The Hall–Kier alpha value is -0.480. The molecule has 0 N–H and O–H groups in total. The van der Waals surface area contributed by atoms with Crippen LogP contribution in [0.4, 0.5) is 0 Å². The molecule has 0 fully saturated rings. The molecule has 4 heteroatoms.